The molecule has 2 aromatic rings. The summed E-state index contributed by atoms with van der Waals surface area (Å²) in [6.45, 7) is 0. The molecule has 5 heteroatoms. The summed E-state index contributed by atoms with van der Waals surface area (Å²) in [5, 5.41) is 4.05. The average Bonchev–Trinajstić information content (AvgIpc) is 2.61. The number of hydrogen-bond acceptors (Lipinski definition) is 2. The Labute approximate surface area is 91.6 Å². The van der Waals surface area contributed by atoms with Crippen LogP contribution in [-0.4, -0.2) is 14.3 Å². The van der Waals surface area contributed by atoms with Crippen LogP contribution >= 0.6 is 23.8 Å². The number of rotatable bonds is 2. The summed E-state index contributed by atoms with van der Waals surface area (Å²) in [7, 11) is 0. The van der Waals surface area contributed by atoms with Gasteiger partial charge in [0.1, 0.15) is 12.3 Å². The van der Waals surface area contributed by atoms with Crippen LogP contribution in [0.5, 0.6) is 0 Å². The minimum atomic E-state index is 0.276. The maximum Gasteiger partial charge on any atom is 0.203 e. The van der Waals surface area contributed by atoms with Crippen LogP contribution in [0.3, 0.4) is 0 Å². The van der Waals surface area contributed by atoms with Gasteiger partial charge in [-0.15, -0.1) is 11.6 Å². The molecule has 1 heterocycles. The van der Waals surface area contributed by atoms with E-state index in [1.54, 1.807) is 11.0 Å². The van der Waals surface area contributed by atoms with Crippen molar-refractivity contribution in [1.82, 2.24) is 14.3 Å². The predicted molar refractivity (Wildman–Crippen MR) is 58.2 cm³/mol. The molecule has 0 saturated heterocycles. The number of benzene rings is 1. The molecule has 0 atom stereocenters. The van der Waals surface area contributed by atoms with Crippen molar-refractivity contribution in [2.24, 2.45) is 0 Å². The van der Waals surface area contributed by atoms with Gasteiger partial charge in [-0.3, -0.25) is 4.57 Å². The molecule has 0 amide bonds. The molecule has 0 fully saturated rings. The summed E-state index contributed by atoms with van der Waals surface area (Å²) in [6, 6.07) is 10.1. The second-order valence-electron chi connectivity index (χ2n) is 2.74. The van der Waals surface area contributed by atoms with Gasteiger partial charge in [-0.1, -0.05) is 18.2 Å². The summed E-state index contributed by atoms with van der Waals surface area (Å²) in [5.41, 5.74) is 0.994. The Bertz CT molecular complexity index is 474. The van der Waals surface area contributed by atoms with Gasteiger partial charge in [0.25, 0.3) is 0 Å². The van der Waals surface area contributed by atoms with Gasteiger partial charge in [-0.2, -0.15) is 5.10 Å². The zero-order valence-electron chi connectivity index (χ0n) is 7.30. The SMILES string of the molecule is S=c1n(-c2ccccc2)cnn1CCl. The highest BCUT2D eigenvalue weighted by Gasteiger charge is 2.00. The van der Waals surface area contributed by atoms with E-state index in [0.29, 0.717) is 4.77 Å². The van der Waals surface area contributed by atoms with Crippen molar-refractivity contribution in [3.63, 3.8) is 0 Å². The monoisotopic (exact) mass is 225 g/mol. The van der Waals surface area contributed by atoms with E-state index in [1.165, 1.54) is 0 Å². The largest absolute Gasteiger partial charge is 0.275 e. The molecule has 0 N–H and O–H groups in total. The fourth-order valence-corrected chi connectivity index (χ4v) is 1.69. The Kier molecular flexibility index (Phi) is 2.65. The molecule has 2 rings (SSSR count). The quantitative estimate of drug-likeness (QED) is 0.579. The average molecular weight is 226 g/mol. The van der Waals surface area contributed by atoms with Crippen LogP contribution in [0.15, 0.2) is 36.7 Å². The second-order valence-corrected chi connectivity index (χ2v) is 3.34. The molecule has 72 valence electrons. The van der Waals surface area contributed by atoms with E-state index in [1.807, 2.05) is 34.9 Å². The first-order valence-electron chi connectivity index (χ1n) is 4.09. The summed E-state index contributed by atoms with van der Waals surface area (Å²) in [4.78, 5) is 0. The predicted octanol–water partition coefficient (Wildman–Crippen LogP) is 2.60. The molecule has 3 nitrogen and oxygen atoms in total. The van der Waals surface area contributed by atoms with Crippen LogP contribution in [0.25, 0.3) is 5.69 Å². The van der Waals surface area contributed by atoms with E-state index in [2.05, 4.69) is 5.10 Å². The van der Waals surface area contributed by atoms with Gasteiger partial charge >= 0.3 is 0 Å². The third-order valence-corrected chi connectivity index (χ3v) is 2.51. The molecule has 0 spiro atoms. The Morgan fingerprint density at radius 3 is 2.57 bits per heavy atom. The van der Waals surface area contributed by atoms with Gasteiger partial charge in [0.2, 0.25) is 4.77 Å². The van der Waals surface area contributed by atoms with Crippen LogP contribution in [0.2, 0.25) is 0 Å². The first kappa shape index (κ1) is 9.43. The third kappa shape index (κ3) is 1.58. The number of aromatic nitrogens is 3. The molecule has 0 unspecified atom stereocenters. The van der Waals surface area contributed by atoms with Crippen LogP contribution < -0.4 is 0 Å². The summed E-state index contributed by atoms with van der Waals surface area (Å²) in [5.74, 6) is 0. The number of halogens is 1. The van der Waals surface area contributed by atoms with E-state index in [9.17, 15) is 0 Å². The number of para-hydroxylation sites is 1. The van der Waals surface area contributed by atoms with E-state index < -0.39 is 0 Å². The Balaban J connectivity index is 2.53. The molecule has 0 aliphatic carbocycles. The fourth-order valence-electron chi connectivity index (χ4n) is 1.18. The summed E-state index contributed by atoms with van der Waals surface area (Å²) in [6.07, 6.45) is 1.67. The Morgan fingerprint density at radius 1 is 1.29 bits per heavy atom. The lowest BCUT2D eigenvalue weighted by molar-refractivity contribution is 0.726. The van der Waals surface area contributed by atoms with Crippen LogP contribution in [0, 0.1) is 4.77 Å². The molecule has 1 aromatic carbocycles. The summed E-state index contributed by atoms with van der Waals surface area (Å²) >= 11 is 10.8. The van der Waals surface area contributed by atoms with Gasteiger partial charge in [-0.25, -0.2) is 4.68 Å². The topological polar surface area (TPSA) is 22.8 Å². The second kappa shape index (κ2) is 3.94. The molecule has 0 radical (unpaired) electrons. The van der Waals surface area contributed by atoms with Crippen molar-refractivity contribution < 1.29 is 0 Å². The van der Waals surface area contributed by atoms with Crippen molar-refractivity contribution in [3.05, 3.63) is 41.4 Å². The van der Waals surface area contributed by atoms with Gasteiger partial charge in [0.15, 0.2) is 0 Å². The smallest absolute Gasteiger partial charge is 0.203 e. The number of hydrogen-bond donors (Lipinski definition) is 0. The maximum atomic E-state index is 5.65. The standard InChI is InChI=1S/C9H8ClN3S/c10-6-13-9(14)12(7-11-13)8-4-2-1-3-5-8/h1-5,7H,6H2. The Morgan fingerprint density at radius 2 is 2.00 bits per heavy atom. The van der Waals surface area contributed by atoms with Crippen molar-refractivity contribution in [1.29, 1.82) is 0 Å². The molecule has 0 bridgehead atoms. The molecule has 1 aromatic heterocycles. The molecule has 14 heavy (non-hydrogen) atoms. The van der Waals surface area contributed by atoms with E-state index in [4.69, 9.17) is 23.8 Å². The van der Waals surface area contributed by atoms with Crippen molar-refractivity contribution in [3.8, 4) is 5.69 Å². The first-order valence-corrected chi connectivity index (χ1v) is 5.03. The van der Waals surface area contributed by atoms with Crippen LogP contribution in [-0.2, 0) is 6.00 Å². The number of alkyl halides is 1. The zero-order valence-corrected chi connectivity index (χ0v) is 8.87. The lowest BCUT2D eigenvalue weighted by Crippen LogP contribution is -1.97. The maximum absolute atomic E-state index is 5.65. The van der Waals surface area contributed by atoms with Gasteiger partial charge in [0.05, 0.1) is 0 Å². The fraction of sp³-hybridized carbons (Fsp3) is 0.111. The molecular formula is C9H8ClN3S. The first-order chi connectivity index (χ1) is 6.83. The molecule has 0 aliphatic heterocycles. The van der Waals surface area contributed by atoms with E-state index >= 15 is 0 Å². The molecule has 0 aliphatic rings. The highest BCUT2D eigenvalue weighted by atomic mass is 35.5. The van der Waals surface area contributed by atoms with Crippen molar-refractivity contribution in [2.75, 3.05) is 0 Å². The van der Waals surface area contributed by atoms with Crippen LogP contribution in [0.4, 0.5) is 0 Å². The van der Waals surface area contributed by atoms with Gasteiger partial charge in [-0.05, 0) is 24.4 Å². The highest BCUT2D eigenvalue weighted by molar-refractivity contribution is 7.71. The minimum Gasteiger partial charge on any atom is -0.275 e. The zero-order chi connectivity index (χ0) is 9.97. The van der Waals surface area contributed by atoms with E-state index in [-0.39, 0.29) is 6.00 Å². The van der Waals surface area contributed by atoms with Crippen LogP contribution in [0.1, 0.15) is 0 Å². The normalized spacial score (nSPS) is 10.4. The third-order valence-electron chi connectivity index (χ3n) is 1.88. The van der Waals surface area contributed by atoms with Gasteiger partial charge < -0.3 is 0 Å². The highest BCUT2D eigenvalue weighted by Crippen LogP contribution is 2.07. The van der Waals surface area contributed by atoms with Crippen molar-refractivity contribution >= 4 is 23.8 Å². The minimum absolute atomic E-state index is 0.276. The molecule has 0 saturated carbocycles. The number of nitrogens with zero attached hydrogens (tertiary/aromatic N) is 3. The Hall–Kier alpha value is -1.13. The van der Waals surface area contributed by atoms with Crippen molar-refractivity contribution in [2.45, 2.75) is 6.00 Å². The van der Waals surface area contributed by atoms with E-state index in [0.717, 1.165) is 5.69 Å². The van der Waals surface area contributed by atoms with Gasteiger partial charge in [0, 0.05) is 5.69 Å². The summed E-state index contributed by atoms with van der Waals surface area (Å²) < 4.78 is 3.98. The lowest BCUT2D eigenvalue weighted by Gasteiger charge is -1.99. The molecular weight excluding hydrogens is 218 g/mol. The lowest BCUT2D eigenvalue weighted by atomic mass is 10.3.